The Balaban J connectivity index is 1.40. The van der Waals surface area contributed by atoms with E-state index in [1.165, 1.54) is 24.5 Å². The molecule has 4 aliphatic heterocycles. The standard InChI is InChI=1S/C33H42F3N5O3S/c1-21-8-5-3-4-6-13-41-31-27(16-26(32(41)42)24-11-14-45(43,44)15-12-24)30(37-20-38-31)39-22(2)25-9-7-10-28(29(25)34)33(35,36)17-23-18-40(21)19-23/h7,9-10,16,20-24H,3-6,8,11-15,17-19H2,1-2H3,(H,37,38,39)/t21?,22-/m1/s1. The molecule has 45 heavy (non-hydrogen) atoms. The van der Waals surface area contributed by atoms with Crippen LogP contribution >= 0.6 is 0 Å². The van der Waals surface area contributed by atoms with Crippen molar-refractivity contribution in [3.8, 4) is 0 Å². The van der Waals surface area contributed by atoms with Crippen molar-refractivity contribution in [2.75, 3.05) is 29.9 Å². The van der Waals surface area contributed by atoms with Gasteiger partial charge in [-0.15, -0.1) is 0 Å². The molecule has 2 atom stereocenters. The number of nitrogens with zero attached hydrogens (tertiary/aromatic N) is 4. The second kappa shape index (κ2) is 12.7. The van der Waals surface area contributed by atoms with Gasteiger partial charge < -0.3 is 10.2 Å². The number of benzene rings is 1. The first-order chi connectivity index (χ1) is 21.4. The van der Waals surface area contributed by atoms with E-state index in [0.29, 0.717) is 54.9 Å². The maximum absolute atomic E-state index is 15.8. The number of halogens is 3. The summed E-state index contributed by atoms with van der Waals surface area (Å²) in [4.78, 5) is 25.0. The number of aryl methyl sites for hydroxylation is 1. The van der Waals surface area contributed by atoms with Gasteiger partial charge in [-0.1, -0.05) is 37.5 Å². The van der Waals surface area contributed by atoms with Crippen molar-refractivity contribution in [2.24, 2.45) is 5.92 Å². The Bertz CT molecular complexity index is 1710. The van der Waals surface area contributed by atoms with E-state index in [1.807, 2.05) is 0 Å². The SMILES string of the molecule is CC1CCCCCCn2c(=O)c(C3CCS(=O)(=O)CC3)cc3c(ncnc32)N[C@H](C)c2cccc(c2F)C(F)(F)CC2CN1C2. The van der Waals surface area contributed by atoms with Gasteiger partial charge in [-0.2, -0.15) is 0 Å². The Morgan fingerprint density at radius 2 is 1.71 bits per heavy atom. The van der Waals surface area contributed by atoms with Crippen LogP contribution in [0.15, 0.2) is 35.4 Å². The lowest BCUT2D eigenvalue weighted by Crippen LogP contribution is -2.52. The molecule has 6 heterocycles. The lowest BCUT2D eigenvalue weighted by Gasteiger charge is -2.44. The lowest BCUT2D eigenvalue weighted by molar-refractivity contribution is -0.0663. The van der Waals surface area contributed by atoms with Gasteiger partial charge in [0.15, 0.2) is 0 Å². The molecule has 3 aromatic rings. The van der Waals surface area contributed by atoms with Crippen molar-refractivity contribution in [1.29, 1.82) is 0 Å². The van der Waals surface area contributed by atoms with Crippen LogP contribution in [-0.4, -0.2) is 58.5 Å². The molecule has 12 heteroatoms. The number of aromatic nitrogens is 3. The second-order valence-electron chi connectivity index (χ2n) is 13.3. The third-order valence-corrected chi connectivity index (χ3v) is 11.8. The Labute approximate surface area is 262 Å². The third-order valence-electron chi connectivity index (χ3n) is 10.1. The van der Waals surface area contributed by atoms with Gasteiger partial charge in [0.05, 0.1) is 28.5 Å². The van der Waals surface area contributed by atoms with Crippen LogP contribution in [0.2, 0.25) is 0 Å². The Morgan fingerprint density at radius 1 is 0.978 bits per heavy atom. The summed E-state index contributed by atoms with van der Waals surface area (Å²) in [6.07, 6.45) is 6.31. The Kier molecular flexibility index (Phi) is 8.99. The van der Waals surface area contributed by atoms with Gasteiger partial charge in [-0.25, -0.2) is 31.6 Å². The van der Waals surface area contributed by atoms with Crippen molar-refractivity contribution < 1.29 is 21.6 Å². The Morgan fingerprint density at radius 3 is 2.47 bits per heavy atom. The van der Waals surface area contributed by atoms with Crippen LogP contribution in [-0.2, 0) is 22.3 Å². The highest BCUT2D eigenvalue weighted by Crippen LogP contribution is 2.41. The number of hydrogen-bond donors (Lipinski definition) is 1. The minimum atomic E-state index is -3.31. The number of pyridine rings is 1. The van der Waals surface area contributed by atoms with Crippen LogP contribution in [0, 0.1) is 11.7 Å². The smallest absolute Gasteiger partial charge is 0.276 e. The normalized spacial score (nSPS) is 27.7. The summed E-state index contributed by atoms with van der Waals surface area (Å²) >= 11 is 0. The molecule has 8 bridgehead atoms. The molecule has 8 nitrogen and oxygen atoms in total. The molecule has 0 amide bonds. The first-order valence-electron chi connectivity index (χ1n) is 16.2. The predicted octanol–water partition coefficient (Wildman–Crippen LogP) is 6.16. The number of rotatable bonds is 1. The molecular formula is C33H42F3N5O3S. The van der Waals surface area contributed by atoms with Crippen LogP contribution in [0.3, 0.4) is 0 Å². The fourth-order valence-electron chi connectivity index (χ4n) is 7.29. The van der Waals surface area contributed by atoms with E-state index in [2.05, 4.69) is 27.1 Å². The molecule has 0 radical (unpaired) electrons. The van der Waals surface area contributed by atoms with E-state index < -0.39 is 39.6 Å². The molecule has 244 valence electrons. The lowest BCUT2D eigenvalue weighted by atomic mass is 9.87. The molecule has 1 aromatic carbocycles. The van der Waals surface area contributed by atoms with E-state index in [4.69, 9.17) is 0 Å². The molecule has 0 aliphatic carbocycles. The molecule has 1 N–H and O–H groups in total. The summed E-state index contributed by atoms with van der Waals surface area (Å²) in [5.74, 6) is -4.24. The van der Waals surface area contributed by atoms with Crippen molar-refractivity contribution in [3.05, 3.63) is 63.5 Å². The highest BCUT2D eigenvalue weighted by atomic mass is 32.2. The van der Waals surface area contributed by atoms with E-state index >= 15 is 13.2 Å². The minimum absolute atomic E-state index is 0.0272. The number of fused-ring (bicyclic) bond motifs is 8. The highest BCUT2D eigenvalue weighted by Gasteiger charge is 2.42. The fourth-order valence-corrected chi connectivity index (χ4v) is 8.78. The maximum Gasteiger partial charge on any atom is 0.276 e. The fraction of sp³-hybridized carbons (Fsp3) is 0.606. The molecule has 1 unspecified atom stereocenters. The van der Waals surface area contributed by atoms with Crippen molar-refractivity contribution in [2.45, 2.75) is 95.7 Å². The van der Waals surface area contributed by atoms with Gasteiger partial charge in [0, 0.05) is 43.2 Å². The zero-order valence-corrected chi connectivity index (χ0v) is 26.8. The summed E-state index contributed by atoms with van der Waals surface area (Å²) in [5.41, 5.74) is 0.284. The summed E-state index contributed by atoms with van der Waals surface area (Å²) in [7, 11) is -3.13. The largest absolute Gasteiger partial charge is 0.363 e. The molecule has 7 rings (SSSR count). The van der Waals surface area contributed by atoms with E-state index in [-0.39, 0.29) is 40.5 Å². The number of alkyl halides is 2. The molecular weight excluding hydrogens is 603 g/mol. The van der Waals surface area contributed by atoms with E-state index in [1.54, 1.807) is 17.6 Å². The van der Waals surface area contributed by atoms with Crippen LogP contribution in [0.25, 0.3) is 11.0 Å². The van der Waals surface area contributed by atoms with E-state index in [9.17, 15) is 13.2 Å². The topological polar surface area (TPSA) is 97.2 Å². The number of sulfone groups is 1. The van der Waals surface area contributed by atoms with Crippen molar-refractivity contribution in [1.82, 2.24) is 19.4 Å². The molecule has 0 saturated carbocycles. The average Bonchev–Trinajstić information content (AvgIpc) is 2.97. The zero-order valence-electron chi connectivity index (χ0n) is 25.9. The highest BCUT2D eigenvalue weighted by molar-refractivity contribution is 7.91. The van der Waals surface area contributed by atoms with Crippen LogP contribution in [0.4, 0.5) is 19.0 Å². The van der Waals surface area contributed by atoms with Gasteiger partial charge >= 0.3 is 0 Å². The molecule has 2 fully saturated rings. The van der Waals surface area contributed by atoms with E-state index in [0.717, 1.165) is 32.1 Å². The molecule has 4 aliphatic rings. The maximum atomic E-state index is 15.8. The van der Waals surface area contributed by atoms with Crippen LogP contribution < -0.4 is 10.9 Å². The second-order valence-corrected chi connectivity index (χ2v) is 15.6. The van der Waals surface area contributed by atoms with Crippen molar-refractivity contribution >= 4 is 26.7 Å². The van der Waals surface area contributed by atoms with Crippen molar-refractivity contribution in [3.63, 3.8) is 0 Å². The summed E-state index contributed by atoms with van der Waals surface area (Å²) in [6, 6.07) is 5.45. The van der Waals surface area contributed by atoms with Crippen LogP contribution in [0.5, 0.6) is 0 Å². The van der Waals surface area contributed by atoms with Gasteiger partial charge in [-0.3, -0.25) is 9.36 Å². The van der Waals surface area contributed by atoms with Crippen LogP contribution in [0.1, 0.15) is 93.9 Å². The average molecular weight is 646 g/mol. The quantitative estimate of drug-likeness (QED) is 0.339. The van der Waals surface area contributed by atoms with Gasteiger partial charge in [-0.05, 0) is 57.4 Å². The predicted molar refractivity (Wildman–Crippen MR) is 169 cm³/mol. The zero-order chi connectivity index (χ0) is 31.9. The molecule has 2 saturated heterocycles. The monoisotopic (exact) mass is 645 g/mol. The molecule has 0 spiro atoms. The molecule has 2 aromatic heterocycles. The van der Waals surface area contributed by atoms with Gasteiger partial charge in [0.2, 0.25) is 0 Å². The number of anilines is 1. The summed E-state index contributed by atoms with van der Waals surface area (Å²) in [5, 5.41) is 3.77. The number of nitrogens with one attached hydrogen (secondary N) is 1. The summed E-state index contributed by atoms with van der Waals surface area (Å²) < 4.78 is 72.9. The summed E-state index contributed by atoms with van der Waals surface area (Å²) in [6.45, 7) is 5.46. The first-order valence-corrected chi connectivity index (χ1v) is 18.0. The third kappa shape index (κ3) is 6.63. The minimum Gasteiger partial charge on any atom is -0.363 e. The van der Waals surface area contributed by atoms with Gasteiger partial charge in [0.1, 0.15) is 33.4 Å². The van der Waals surface area contributed by atoms with Gasteiger partial charge in [0.25, 0.3) is 11.5 Å². The first kappa shape index (κ1) is 32.0. The number of hydrogen-bond acceptors (Lipinski definition) is 7. The Hall–Kier alpha value is -2.99.